The lowest BCUT2D eigenvalue weighted by Gasteiger charge is -2.44. The molecule has 25 heteroatoms. The maximum atomic E-state index is 15.4. The maximum absolute atomic E-state index is 15.4. The monoisotopic (exact) mass is 1100 g/mol. The van der Waals surface area contributed by atoms with Crippen molar-refractivity contribution in [1.82, 2.24) is 0 Å². The van der Waals surface area contributed by atoms with Gasteiger partial charge >= 0.3 is 6.18 Å². The molecule has 390 valence electrons. The number of rotatable bonds is 9. The number of halogens is 23. The van der Waals surface area contributed by atoms with Crippen molar-refractivity contribution in [2.75, 3.05) is 0 Å². The fourth-order valence-electron chi connectivity index (χ4n) is 8.72. The Bertz CT molecular complexity index is 3000. The van der Waals surface area contributed by atoms with E-state index in [1.807, 2.05) is 54.6 Å². The normalized spacial score (nSPS) is 12.0. The van der Waals surface area contributed by atoms with Crippen molar-refractivity contribution in [3.05, 3.63) is 243 Å². The molecular weight excluding hydrogens is 1080 g/mol. The van der Waals surface area contributed by atoms with Crippen LogP contribution in [0.5, 0.6) is 0 Å². The second-order valence-corrected chi connectivity index (χ2v) is 19.5. The van der Waals surface area contributed by atoms with Crippen LogP contribution in [0.25, 0.3) is 0 Å². The lowest BCUT2D eigenvalue weighted by atomic mass is 9.12. The van der Waals surface area contributed by atoms with Crippen LogP contribution in [-0.2, 0) is 12.3 Å². The minimum Gasteiger partial charge on any atom is -0.207 e. The molecule has 0 saturated heterocycles. The van der Waals surface area contributed by atoms with E-state index in [1.165, 1.54) is 28.0 Å². The van der Waals surface area contributed by atoms with Crippen LogP contribution >= 0.6 is 7.26 Å². The topological polar surface area (TPSA) is 0 Å². The molecule has 0 bridgehead atoms. The molecule has 8 aromatic rings. The molecule has 0 saturated carbocycles. The number of benzene rings is 8. The molecule has 0 aliphatic heterocycles. The van der Waals surface area contributed by atoms with Crippen LogP contribution < -0.4 is 37.8 Å². The Kier molecular flexibility index (Phi) is 15.3. The van der Waals surface area contributed by atoms with Gasteiger partial charge in [-0.15, -0.1) is 21.9 Å². The first kappa shape index (κ1) is 55.4. The molecule has 0 N–H and O–H groups in total. The van der Waals surface area contributed by atoms with Gasteiger partial charge in [-0.1, -0.05) is 66.7 Å². The fraction of sp³-hybridized carbons (Fsp3) is 0.0400. The highest BCUT2D eigenvalue weighted by atomic mass is 31.2. The minimum atomic E-state index is -7.22. The molecule has 0 unspecified atom stereocenters. The van der Waals surface area contributed by atoms with Gasteiger partial charge in [0.2, 0.25) is 0 Å². The molecule has 75 heavy (non-hydrogen) atoms. The first-order chi connectivity index (χ1) is 35.2. The number of hydrogen-bond acceptors (Lipinski definition) is 0. The number of alkyl halides is 3. The highest BCUT2D eigenvalue weighted by Gasteiger charge is 2.53. The van der Waals surface area contributed by atoms with Gasteiger partial charge in [0.25, 0.3) is 0 Å². The third-order valence-electron chi connectivity index (χ3n) is 12.0. The fourth-order valence-corrected chi connectivity index (χ4v) is 13.0. The second-order valence-electron chi connectivity index (χ2n) is 16.0. The Morgan fingerprint density at radius 3 is 0.667 bits per heavy atom. The standard InChI is InChI=1S/C26H21F3P.C24BF20/c27-26(28,29)22-18-16-21(17-19-22)20-30(23-10-4-1-5-11-23,24-12-6-2-7-13-24)25-14-8-3-9-15-25;26-5-1(6(27)14(35)21(42)13(5)34)25(2-7(28)15(36)22(43)16(37)8(2)29,3-9(30)17(38)23(44)18(39)10(3)31)4-11(32)19(40)24(45)20(41)12(4)33/h1-19H,20H2;/q+1;-1. The van der Waals surface area contributed by atoms with Crippen LogP contribution in [0.15, 0.2) is 115 Å². The van der Waals surface area contributed by atoms with Gasteiger partial charge in [-0.05, 0) is 54.1 Å². The Hall–Kier alpha value is -7.36. The molecule has 8 aromatic carbocycles. The van der Waals surface area contributed by atoms with Gasteiger partial charge in [0.1, 0.15) is 75.9 Å². The summed E-state index contributed by atoms with van der Waals surface area (Å²) in [5.41, 5.74) is -14.0. The largest absolute Gasteiger partial charge is 0.416 e. The molecule has 0 aromatic heterocycles. The molecule has 0 spiro atoms. The van der Waals surface area contributed by atoms with E-state index in [-0.39, 0.29) is 0 Å². The van der Waals surface area contributed by atoms with Gasteiger partial charge in [-0.2, -0.15) is 13.2 Å². The zero-order valence-electron chi connectivity index (χ0n) is 36.4. The van der Waals surface area contributed by atoms with Crippen LogP contribution in [0.3, 0.4) is 0 Å². The summed E-state index contributed by atoms with van der Waals surface area (Å²) in [5.74, 6) is -71.4. The van der Waals surface area contributed by atoms with E-state index in [4.69, 9.17) is 0 Å². The first-order valence-electron chi connectivity index (χ1n) is 20.6. The van der Waals surface area contributed by atoms with E-state index >= 15 is 35.1 Å². The third-order valence-corrected chi connectivity index (χ3v) is 16.4. The maximum Gasteiger partial charge on any atom is 0.416 e. The molecule has 0 aliphatic carbocycles. The van der Waals surface area contributed by atoms with E-state index < -0.39 is 163 Å². The summed E-state index contributed by atoms with van der Waals surface area (Å²) in [6, 6.07) is 36.6. The van der Waals surface area contributed by atoms with Crippen LogP contribution in [-0.4, -0.2) is 6.15 Å². The van der Waals surface area contributed by atoms with Crippen LogP contribution in [0.4, 0.5) is 101 Å². The Morgan fingerprint density at radius 2 is 0.467 bits per heavy atom. The summed E-state index contributed by atoms with van der Waals surface area (Å²) in [6.45, 7) is 0. The molecule has 0 nitrogen and oxygen atoms in total. The van der Waals surface area contributed by atoms with E-state index in [1.54, 1.807) is 12.1 Å². The van der Waals surface area contributed by atoms with Crippen molar-refractivity contribution in [2.45, 2.75) is 12.3 Å². The smallest absolute Gasteiger partial charge is 0.207 e. The van der Waals surface area contributed by atoms with Gasteiger partial charge in [0.15, 0.2) is 69.8 Å². The van der Waals surface area contributed by atoms with Gasteiger partial charge in [0, 0.05) is 0 Å². The summed E-state index contributed by atoms with van der Waals surface area (Å²) in [5, 5.41) is 3.63. The molecule has 0 radical (unpaired) electrons. The molecule has 0 fully saturated rings. The van der Waals surface area contributed by atoms with Crippen molar-refractivity contribution in [3.63, 3.8) is 0 Å². The highest BCUT2D eigenvalue weighted by Crippen LogP contribution is 2.58. The van der Waals surface area contributed by atoms with Gasteiger partial charge < -0.3 is 0 Å². The van der Waals surface area contributed by atoms with E-state index in [0.717, 1.165) is 5.56 Å². The van der Waals surface area contributed by atoms with Crippen molar-refractivity contribution in [2.24, 2.45) is 0 Å². The van der Waals surface area contributed by atoms with Crippen molar-refractivity contribution >= 4 is 51.2 Å². The molecule has 0 atom stereocenters. The number of hydrogen-bond donors (Lipinski definition) is 0. The quantitative estimate of drug-likeness (QED) is 0.0444. The summed E-state index contributed by atoms with van der Waals surface area (Å²) in [4.78, 5) is 0. The van der Waals surface area contributed by atoms with Crippen molar-refractivity contribution in [3.8, 4) is 0 Å². The predicted octanol–water partition coefficient (Wildman–Crippen LogP) is 12.0. The zero-order chi connectivity index (χ0) is 55.4. The first-order valence-corrected chi connectivity index (χ1v) is 22.6. The van der Waals surface area contributed by atoms with Gasteiger partial charge in [-0.3, -0.25) is 0 Å². The molecule has 0 aliphatic rings. The molecule has 0 amide bonds. The lowest BCUT2D eigenvalue weighted by molar-refractivity contribution is -0.137. The lowest BCUT2D eigenvalue weighted by Crippen LogP contribution is -2.81. The summed E-state index contributed by atoms with van der Waals surface area (Å²) < 4.78 is 333. The third kappa shape index (κ3) is 9.03. The van der Waals surface area contributed by atoms with Gasteiger partial charge in [-0.25, -0.2) is 87.8 Å². The van der Waals surface area contributed by atoms with Crippen molar-refractivity contribution in [1.29, 1.82) is 0 Å². The van der Waals surface area contributed by atoms with Crippen LogP contribution in [0.2, 0.25) is 0 Å². The summed E-state index contributed by atoms with van der Waals surface area (Å²) in [7, 11) is -2.11. The Balaban J connectivity index is 0.000000236. The Labute approximate surface area is 406 Å². The van der Waals surface area contributed by atoms with Gasteiger partial charge in [0.05, 0.1) is 11.7 Å². The summed E-state index contributed by atoms with van der Waals surface area (Å²) in [6.07, 6.45) is -10.9. The van der Waals surface area contributed by atoms with E-state index in [9.17, 15) is 65.9 Å². The molecular formula is C50H21BF23P. The average Bonchev–Trinajstić information content (AvgIpc) is 3.40. The van der Waals surface area contributed by atoms with E-state index in [2.05, 4.69) is 36.4 Å². The van der Waals surface area contributed by atoms with Crippen LogP contribution in [0, 0.1) is 116 Å². The molecule has 8 rings (SSSR count). The highest BCUT2D eigenvalue weighted by molar-refractivity contribution is 7.95. The molecule has 0 heterocycles. The predicted molar refractivity (Wildman–Crippen MR) is 230 cm³/mol. The van der Waals surface area contributed by atoms with Crippen molar-refractivity contribution < 1.29 is 101 Å². The minimum absolute atomic E-state index is 0.616. The zero-order valence-corrected chi connectivity index (χ0v) is 37.3. The SMILES string of the molecule is FC(F)(F)c1ccc(C[P+](c2ccccc2)(c2ccccc2)c2ccccc2)cc1.Fc1c(F)c(F)c([B-](c2c(F)c(F)c(F)c(F)c2F)(c2c(F)c(F)c(F)c(F)c2F)c2c(F)c(F)c(F)c(F)c2F)c(F)c1F. The van der Waals surface area contributed by atoms with Crippen LogP contribution in [0.1, 0.15) is 11.1 Å². The van der Waals surface area contributed by atoms with E-state index in [0.29, 0.717) is 6.16 Å². The average molecular weight is 1100 g/mol. The Morgan fingerprint density at radius 1 is 0.267 bits per heavy atom. The second kappa shape index (κ2) is 20.8. The summed E-state index contributed by atoms with van der Waals surface area (Å²) >= 11 is 0.